The van der Waals surface area contributed by atoms with Gasteiger partial charge in [0.2, 0.25) is 5.91 Å². The standard InChI is InChI=1S/C20H23Cl2N3O2/c1-24-7-4-23-19(24)18(26)12-2-5-25(6-3-12)20(27)17-11-16(17)13-8-14(21)10-15(22)9-13/h4,7-10,12,16-18,26H,2-3,5-6,11H2,1H3/t16-,17+,18-/m1/s1. The number of hydrogen-bond donors (Lipinski definition) is 1. The Kier molecular flexibility index (Phi) is 5.19. The smallest absolute Gasteiger partial charge is 0.226 e. The van der Waals surface area contributed by atoms with Gasteiger partial charge in [-0.25, -0.2) is 4.98 Å². The molecule has 2 fully saturated rings. The number of aromatic nitrogens is 2. The van der Waals surface area contributed by atoms with Crippen molar-refractivity contribution in [3.63, 3.8) is 0 Å². The number of aliphatic hydroxyl groups is 1. The zero-order valence-electron chi connectivity index (χ0n) is 15.2. The van der Waals surface area contributed by atoms with Gasteiger partial charge in [-0.15, -0.1) is 0 Å². The van der Waals surface area contributed by atoms with Crippen molar-refractivity contribution in [3.05, 3.63) is 52.0 Å². The number of hydrogen-bond acceptors (Lipinski definition) is 3. The summed E-state index contributed by atoms with van der Waals surface area (Å²) in [6.07, 6.45) is 5.40. The molecule has 3 atom stereocenters. The summed E-state index contributed by atoms with van der Waals surface area (Å²) in [5, 5.41) is 11.8. The second-order valence-electron chi connectivity index (χ2n) is 7.66. The fourth-order valence-electron chi connectivity index (χ4n) is 4.17. The van der Waals surface area contributed by atoms with E-state index in [0.717, 1.165) is 24.8 Å². The van der Waals surface area contributed by atoms with Gasteiger partial charge in [-0.1, -0.05) is 23.2 Å². The normalized spacial score (nSPS) is 24.1. The summed E-state index contributed by atoms with van der Waals surface area (Å²) in [4.78, 5) is 19.0. The van der Waals surface area contributed by atoms with Gasteiger partial charge < -0.3 is 14.6 Å². The predicted octanol–water partition coefficient (Wildman–Crippen LogP) is 3.80. The Hall–Kier alpha value is -1.56. The van der Waals surface area contributed by atoms with Crippen LogP contribution in [0.2, 0.25) is 10.0 Å². The lowest BCUT2D eigenvalue weighted by molar-refractivity contribution is -0.134. The van der Waals surface area contributed by atoms with Crippen LogP contribution in [0.4, 0.5) is 0 Å². The second kappa shape index (κ2) is 7.46. The molecular weight excluding hydrogens is 385 g/mol. The van der Waals surface area contributed by atoms with Gasteiger partial charge in [0.25, 0.3) is 0 Å². The van der Waals surface area contributed by atoms with Crippen molar-refractivity contribution >= 4 is 29.1 Å². The van der Waals surface area contributed by atoms with Crippen LogP contribution in [0.3, 0.4) is 0 Å². The first-order valence-electron chi connectivity index (χ1n) is 9.34. The Morgan fingerprint density at radius 2 is 1.89 bits per heavy atom. The van der Waals surface area contributed by atoms with Crippen LogP contribution in [0.25, 0.3) is 0 Å². The molecule has 4 rings (SSSR count). The first-order chi connectivity index (χ1) is 12.9. The van der Waals surface area contributed by atoms with Crippen molar-refractivity contribution in [1.29, 1.82) is 0 Å². The van der Waals surface area contributed by atoms with Crippen molar-refractivity contribution < 1.29 is 9.90 Å². The highest BCUT2D eigenvalue weighted by Gasteiger charge is 2.46. The quantitative estimate of drug-likeness (QED) is 0.837. The molecule has 2 aliphatic rings. The summed E-state index contributed by atoms with van der Waals surface area (Å²) in [6.45, 7) is 1.37. The van der Waals surface area contributed by atoms with Crippen LogP contribution in [0.15, 0.2) is 30.6 Å². The van der Waals surface area contributed by atoms with E-state index in [2.05, 4.69) is 4.98 Å². The lowest BCUT2D eigenvalue weighted by Crippen LogP contribution is -2.41. The van der Waals surface area contributed by atoms with E-state index >= 15 is 0 Å². The lowest BCUT2D eigenvalue weighted by atomic mass is 9.90. The minimum atomic E-state index is -0.579. The summed E-state index contributed by atoms with van der Waals surface area (Å²) in [7, 11) is 1.89. The van der Waals surface area contributed by atoms with Crippen LogP contribution in [-0.2, 0) is 11.8 Å². The molecule has 2 heterocycles. The Morgan fingerprint density at radius 1 is 1.22 bits per heavy atom. The van der Waals surface area contributed by atoms with E-state index in [1.165, 1.54) is 0 Å². The summed E-state index contributed by atoms with van der Waals surface area (Å²) in [5.74, 6) is 1.28. The fourth-order valence-corrected chi connectivity index (χ4v) is 4.71. The average Bonchev–Trinajstić information content (AvgIpc) is 3.34. The zero-order valence-corrected chi connectivity index (χ0v) is 16.7. The first-order valence-corrected chi connectivity index (χ1v) is 10.1. The monoisotopic (exact) mass is 407 g/mol. The molecule has 1 aliphatic carbocycles. The molecule has 5 nitrogen and oxygen atoms in total. The first kappa shape index (κ1) is 18.8. The molecule has 144 valence electrons. The molecule has 0 unspecified atom stereocenters. The summed E-state index contributed by atoms with van der Waals surface area (Å²) < 4.78 is 1.85. The number of imidazole rings is 1. The highest BCUT2D eigenvalue weighted by atomic mass is 35.5. The van der Waals surface area contributed by atoms with E-state index in [1.807, 2.05) is 34.8 Å². The Balaban J connectivity index is 1.34. The van der Waals surface area contributed by atoms with Crippen LogP contribution in [0.5, 0.6) is 0 Å². The molecule has 2 aromatic rings. The van der Waals surface area contributed by atoms with Gasteiger partial charge in [0.1, 0.15) is 11.9 Å². The van der Waals surface area contributed by atoms with Crippen LogP contribution >= 0.6 is 23.2 Å². The number of carbonyl (C=O) groups is 1. The number of carbonyl (C=O) groups excluding carboxylic acids is 1. The van der Waals surface area contributed by atoms with Gasteiger partial charge in [-0.3, -0.25) is 4.79 Å². The van der Waals surface area contributed by atoms with Crippen LogP contribution in [-0.4, -0.2) is 38.6 Å². The molecule has 1 aliphatic heterocycles. The van der Waals surface area contributed by atoms with Gasteiger partial charge in [-0.05, 0) is 54.9 Å². The number of nitrogens with zero attached hydrogens (tertiary/aromatic N) is 3. The van der Waals surface area contributed by atoms with Gasteiger partial charge in [0.05, 0.1) is 0 Å². The summed E-state index contributed by atoms with van der Waals surface area (Å²) in [6, 6.07) is 5.52. The maximum Gasteiger partial charge on any atom is 0.226 e. The van der Waals surface area contributed by atoms with Gasteiger partial charge in [-0.2, -0.15) is 0 Å². The van der Waals surface area contributed by atoms with E-state index in [9.17, 15) is 9.90 Å². The van der Waals surface area contributed by atoms with Crippen molar-refractivity contribution in [2.75, 3.05) is 13.1 Å². The molecular formula is C20H23Cl2N3O2. The van der Waals surface area contributed by atoms with E-state index in [-0.39, 0.29) is 23.7 Å². The highest BCUT2D eigenvalue weighted by molar-refractivity contribution is 6.34. The van der Waals surface area contributed by atoms with Crippen molar-refractivity contribution in [2.24, 2.45) is 18.9 Å². The van der Waals surface area contributed by atoms with Crippen molar-refractivity contribution in [2.45, 2.75) is 31.3 Å². The maximum atomic E-state index is 12.9. The molecule has 7 heteroatoms. The summed E-state index contributed by atoms with van der Waals surface area (Å²) >= 11 is 12.2. The van der Waals surface area contributed by atoms with E-state index in [4.69, 9.17) is 23.2 Å². The third kappa shape index (κ3) is 3.86. The molecule has 0 bridgehead atoms. The SMILES string of the molecule is Cn1ccnc1[C@H](O)C1CCN(C(=O)[C@H]2C[C@@H]2c2cc(Cl)cc(Cl)c2)CC1. The molecule has 1 aromatic carbocycles. The topological polar surface area (TPSA) is 58.4 Å². The minimum Gasteiger partial charge on any atom is -0.385 e. The number of amides is 1. The number of rotatable bonds is 4. The van der Waals surface area contributed by atoms with E-state index in [0.29, 0.717) is 29.0 Å². The number of aryl methyl sites for hydroxylation is 1. The molecule has 1 saturated heterocycles. The predicted molar refractivity (Wildman–Crippen MR) is 105 cm³/mol. The van der Waals surface area contributed by atoms with Crippen molar-refractivity contribution in [3.8, 4) is 0 Å². The lowest BCUT2D eigenvalue weighted by Gasteiger charge is -2.34. The number of likely N-dealkylation sites (tertiary alicyclic amines) is 1. The number of halogens is 2. The average molecular weight is 408 g/mol. The van der Waals surface area contributed by atoms with Crippen molar-refractivity contribution in [1.82, 2.24) is 14.5 Å². The molecule has 1 amide bonds. The third-order valence-electron chi connectivity index (χ3n) is 5.84. The van der Waals surface area contributed by atoms with Gasteiger partial charge in [0, 0.05) is 48.5 Å². The summed E-state index contributed by atoms with van der Waals surface area (Å²) in [5.41, 5.74) is 1.05. The maximum absolute atomic E-state index is 12.9. The molecule has 1 saturated carbocycles. The minimum absolute atomic E-state index is 0.0237. The van der Waals surface area contributed by atoms with Crippen LogP contribution in [0, 0.1) is 11.8 Å². The zero-order chi connectivity index (χ0) is 19.1. The van der Waals surface area contributed by atoms with Gasteiger partial charge >= 0.3 is 0 Å². The number of benzene rings is 1. The molecule has 1 aromatic heterocycles. The molecule has 0 radical (unpaired) electrons. The molecule has 1 N–H and O–H groups in total. The molecule has 0 spiro atoms. The molecule has 27 heavy (non-hydrogen) atoms. The number of piperidine rings is 1. The number of aliphatic hydroxyl groups excluding tert-OH is 1. The Bertz CT molecular complexity index is 825. The third-order valence-corrected chi connectivity index (χ3v) is 6.28. The van der Waals surface area contributed by atoms with Crippen LogP contribution in [0.1, 0.15) is 42.7 Å². The Labute approximate surface area is 168 Å². The Morgan fingerprint density at radius 3 is 2.48 bits per heavy atom. The van der Waals surface area contributed by atoms with Gasteiger partial charge in [0.15, 0.2) is 0 Å². The van der Waals surface area contributed by atoms with Crippen LogP contribution < -0.4 is 0 Å². The fraction of sp³-hybridized carbons (Fsp3) is 0.500. The van der Waals surface area contributed by atoms with E-state index < -0.39 is 6.10 Å². The second-order valence-corrected chi connectivity index (χ2v) is 8.53. The largest absolute Gasteiger partial charge is 0.385 e. The highest BCUT2D eigenvalue weighted by Crippen LogP contribution is 2.49. The van der Waals surface area contributed by atoms with E-state index in [1.54, 1.807) is 12.3 Å².